The van der Waals surface area contributed by atoms with E-state index in [0.717, 1.165) is 12.8 Å². The van der Waals surface area contributed by atoms with Crippen LogP contribution in [0, 0.1) is 5.82 Å². The molecule has 1 aliphatic heterocycles. The van der Waals surface area contributed by atoms with Gasteiger partial charge in [-0.3, -0.25) is 9.52 Å². The predicted octanol–water partition coefficient (Wildman–Crippen LogP) is 3.27. The molecule has 6 nitrogen and oxygen atoms in total. The van der Waals surface area contributed by atoms with Crippen LogP contribution < -0.4 is 4.72 Å². The molecule has 1 fully saturated rings. The van der Waals surface area contributed by atoms with E-state index >= 15 is 0 Å². The third kappa shape index (κ3) is 4.69. The van der Waals surface area contributed by atoms with Gasteiger partial charge in [0, 0.05) is 25.3 Å². The van der Waals surface area contributed by atoms with E-state index in [-0.39, 0.29) is 28.2 Å². The number of hydrogen-bond donors (Lipinski definition) is 1. The summed E-state index contributed by atoms with van der Waals surface area (Å²) >= 11 is 0. The number of nitrogens with zero attached hydrogens (tertiary/aromatic N) is 1. The zero-order valence-electron chi connectivity index (χ0n) is 15.6. The number of amides is 1. The van der Waals surface area contributed by atoms with Crippen LogP contribution in [0.3, 0.4) is 0 Å². The van der Waals surface area contributed by atoms with Crippen molar-refractivity contribution < 1.29 is 22.3 Å². The van der Waals surface area contributed by atoms with Crippen LogP contribution in [0.5, 0.6) is 0 Å². The smallest absolute Gasteiger partial charge is 0.262 e. The van der Waals surface area contributed by atoms with Gasteiger partial charge in [0.15, 0.2) is 0 Å². The lowest BCUT2D eigenvalue weighted by molar-refractivity contribution is 0.0146. The van der Waals surface area contributed by atoms with Gasteiger partial charge in [-0.2, -0.15) is 0 Å². The molecule has 1 N–H and O–H groups in total. The Hall–Kier alpha value is -2.45. The highest BCUT2D eigenvalue weighted by Gasteiger charge is 2.25. The Kier molecular flexibility index (Phi) is 6.31. The molecule has 1 aliphatic rings. The van der Waals surface area contributed by atoms with Gasteiger partial charge in [0.2, 0.25) is 0 Å². The number of anilines is 1. The second-order valence-electron chi connectivity index (χ2n) is 6.56. The Balaban J connectivity index is 1.75. The van der Waals surface area contributed by atoms with Crippen molar-refractivity contribution in [3.63, 3.8) is 0 Å². The van der Waals surface area contributed by atoms with E-state index in [1.807, 2.05) is 6.92 Å². The Labute approximate surface area is 164 Å². The molecule has 3 rings (SSSR count). The third-order valence-electron chi connectivity index (χ3n) is 4.64. The molecule has 1 heterocycles. The predicted molar refractivity (Wildman–Crippen MR) is 104 cm³/mol. The molecule has 1 saturated heterocycles. The molecule has 0 aliphatic carbocycles. The number of rotatable bonds is 6. The number of halogens is 1. The Morgan fingerprint density at radius 2 is 1.89 bits per heavy atom. The van der Waals surface area contributed by atoms with Gasteiger partial charge < -0.3 is 9.64 Å². The zero-order chi connectivity index (χ0) is 20.1. The highest BCUT2D eigenvalue weighted by atomic mass is 32.2. The summed E-state index contributed by atoms with van der Waals surface area (Å²) in [5.74, 6) is -0.895. The Bertz CT molecular complexity index is 941. The summed E-state index contributed by atoms with van der Waals surface area (Å²) in [4.78, 5) is 14.4. The topological polar surface area (TPSA) is 75.7 Å². The number of carbonyl (C=O) groups is 1. The normalized spacial score (nSPS) is 15.4. The van der Waals surface area contributed by atoms with Gasteiger partial charge in [-0.25, -0.2) is 12.8 Å². The first-order chi connectivity index (χ1) is 13.4. The van der Waals surface area contributed by atoms with E-state index in [4.69, 9.17) is 4.74 Å². The first-order valence-electron chi connectivity index (χ1n) is 9.19. The summed E-state index contributed by atoms with van der Waals surface area (Å²) in [6.07, 6.45) is 1.67. The largest absolute Gasteiger partial charge is 0.378 e. The molecule has 0 saturated carbocycles. The standard InChI is InChI=1S/C20H23FN2O4S/c1-2-27-16-10-12-23(13-11-16)20(24)15-6-5-7-17(14-15)28(25,26)22-19-9-4-3-8-18(19)21/h3-9,14,16,22H,2,10-13H2,1H3. The summed E-state index contributed by atoms with van der Waals surface area (Å²) in [6.45, 7) is 3.72. The van der Waals surface area contributed by atoms with E-state index < -0.39 is 15.8 Å². The van der Waals surface area contributed by atoms with Crippen molar-refractivity contribution in [2.75, 3.05) is 24.4 Å². The number of para-hydroxylation sites is 1. The number of sulfonamides is 1. The average molecular weight is 406 g/mol. The minimum Gasteiger partial charge on any atom is -0.378 e. The molecule has 0 radical (unpaired) electrons. The fourth-order valence-corrected chi connectivity index (χ4v) is 4.30. The lowest BCUT2D eigenvalue weighted by Gasteiger charge is -2.31. The van der Waals surface area contributed by atoms with Gasteiger partial charge in [0.1, 0.15) is 5.82 Å². The van der Waals surface area contributed by atoms with Gasteiger partial charge in [0.05, 0.1) is 16.7 Å². The van der Waals surface area contributed by atoms with Crippen molar-refractivity contribution in [1.82, 2.24) is 4.90 Å². The number of ether oxygens (including phenoxy) is 1. The van der Waals surface area contributed by atoms with Gasteiger partial charge in [0.25, 0.3) is 15.9 Å². The summed E-state index contributed by atoms with van der Waals surface area (Å²) in [6, 6.07) is 11.3. The van der Waals surface area contributed by atoms with Crippen LogP contribution in [0.4, 0.5) is 10.1 Å². The van der Waals surface area contributed by atoms with Crippen molar-refractivity contribution in [2.45, 2.75) is 30.8 Å². The molecule has 150 valence electrons. The minimum absolute atomic E-state index is 0.0918. The molecule has 2 aromatic rings. The Morgan fingerprint density at radius 3 is 2.57 bits per heavy atom. The number of hydrogen-bond acceptors (Lipinski definition) is 4. The van der Waals surface area contributed by atoms with Crippen molar-refractivity contribution in [2.24, 2.45) is 0 Å². The van der Waals surface area contributed by atoms with Crippen LogP contribution in [-0.2, 0) is 14.8 Å². The highest BCUT2D eigenvalue weighted by molar-refractivity contribution is 7.92. The highest BCUT2D eigenvalue weighted by Crippen LogP contribution is 2.21. The first kappa shape index (κ1) is 20.3. The van der Waals surface area contributed by atoms with Crippen LogP contribution in [0.25, 0.3) is 0 Å². The van der Waals surface area contributed by atoms with Gasteiger partial charge in [-0.1, -0.05) is 18.2 Å². The number of nitrogens with one attached hydrogen (secondary N) is 1. The molecule has 0 bridgehead atoms. The second-order valence-corrected chi connectivity index (χ2v) is 8.24. The summed E-state index contributed by atoms with van der Waals surface area (Å²) in [7, 11) is -4.02. The second kappa shape index (κ2) is 8.70. The molecule has 0 atom stereocenters. The fraction of sp³-hybridized carbons (Fsp3) is 0.350. The van der Waals surface area contributed by atoms with Crippen LogP contribution in [0.1, 0.15) is 30.1 Å². The molecular formula is C20H23FN2O4S. The summed E-state index contributed by atoms with van der Waals surface area (Å²) in [5.41, 5.74) is 0.142. The average Bonchev–Trinajstić information content (AvgIpc) is 2.70. The van der Waals surface area contributed by atoms with Crippen LogP contribution in [0.2, 0.25) is 0 Å². The maximum atomic E-state index is 13.8. The van der Waals surface area contributed by atoms with Crippen molar-refractivity contribution >= 4 is 21.6 Å². The van der Waals surface area contributed by atoms with Crippen molar-refractivity contribution in [3.8, 4) is 0 Å². The van der Waals surface area contributed by atoms with Gasteiger partial charge in [-0.15, -0.1) is 0 Å². The monoisotopic (exact) mass is 406 g/mol. The quantitative estimate of drug-likeness (QED) is 0.799. The molecule has 0 aromatic heterocycles. The van der Waals surface area contributed by atoms with Crippen LogP contribution in [0.15, 0.2) is 53.4 Å². The Morgan fingerprint density at radius 1 is 1.18 bits per heavy atom. The lowest BCUT2D eigenvalue weighted by Crippen LogP contribution is -2.40. The summed E-state index contributed by atoms with van der Waals surface area (Å²) < 4.78 is 46.8. The zero-order valence-corrected chi connectivity index (χ0v) is 16.4. The molecule has 8 heteroatoms. The van der Waals surface area contributed by atoms with Gasteiger partial charge >= 0.3 is 0 Å². The van der Waals surface area contributed by atoms with Crippen LogP contribution in [-0.4, -0.2) is 45.0 Å². The van der Waals surface area contributed by atoms with Crippen LogP contribution >= 0.6 is 0 Å². The fourth-order valence-electron chi connectivity index (χ4n) is 3.19. The maximum absolute atomic E-state index is 13.8. The van der Waals surface area contributed by atoms with E-state index in [2.05, 4.69) is 4.72 Å². The SMILES string of the molecule is CCOC1CCN(C(=O)c2cccc(S(=O)(=O)Nc3ccccc3F)c2)CC1. The first-order valence-corrected chi connectivity index (χ1v) is 10.7. The van der Waals surface area contributed by atoms with E-state index in [9.17, 15) is 17.6 Å². The molecule has 28 heavy (non-hydrogen) atoms. The van der Waals surface area contributed by atoms with E-state index in [1.54, 1.807) is 11.0 Å². The third-order valence-corrected chi connectivity index (χ3v) is 6.00. The summed E-state index contributed by atoms with van der Waals surface area (Å²) in [5, 5.41) is 0. The molecule has 0 unspecified atom stereocenters. The number of likely N-dealkylation sites (tertiary alicyclic amines) is 1. The number of piperidine rings is 1. The molecular weight excluding hydrogens is 383 g/mol. The van der Waals surface area contributed by atoms with E-state index in [1.165, 1.54) is 42.5 Å². The van der Waals surface area contributed by atoms with Gasteiger partial charge in [-0.05, 0) is 50.1 Å². The molecule has 0 spiro atoms. The van der Waals surface area contributed by atoms with Crippen molar-refractivity contribution in [1.29, 1.82) is 0 Å². The maximum Gasteiger partial charge on any atom is 0.262 e. The molecule has 1 amide bonds. The minimum atomic E-state index is -4.02. The molecule has 2 aromatic carbocycles. The number of benzene rings is 2. The van der Waals surface area contributed by atoms with Crippen molar-refractivity contribution in [3.05, 3.63) is 59.9 Å². The lowest BCUT2D eigenvalue weighted by atomic mass is 10.1. The number of carbonyl (C=O) groups excluding carboxylic acids is 1. The van der Waals surface area contributed by atoms with E-state index in [0.29, 0.717) is 19.7 Å².